The SMILES string of the molecule is COc1ccc(C(OC[C@@H]2C[C@@H](O[Si](C)(C)C(C)(C)C)CN2C(=O)OCc2ccccc2)(c2ccccc2)c2ccc(OC)cc2)cc1. The molecule has 5 rings (SSSR count). The van der Waals surface area contributed by atoms with E-state index in [1.807, 2.05) is 97.1 Å². The molecule has 1 aliphatic heterocycles. The summed E-state index contributed by atoms with van der Waals surface area (Å²) >= 11 is 0. The highest BCUT2D eigenvalue weighted by Crippen LogP contribution is 2.43. The Labute approximate surface area is 286 Å². The molecule has 0 aliphatic carbocycles. The minimum absolute atomic E-state index is 0.0332. The van der Waals surface area contributed by atoms with E-state index in [2.05, 4.69) is 46.0 Å². The number of methoxy groups -OCH3 is 2. The molecule has 1 fully saturated rings. The summed E-state index contributed by atoms with van der Waals surface area (Å²) < 4.78 is 31.0. The summed E-state index contributed by atoms with van der Waals surface area (Å²) in [6.07, 6.45) is 0.146. The Morgan fingerprint density at radius 2 is 1.25 bits per heavy atom. The van der Waals surface area contributed by atoms with Crippen molar-refractivity contribution in [1.82, 2.24) is 4.90 Å². The predicted octanol–water partition coefficient (Wildman–Crippen LogP) is 8.81. The van der Waals surface area contributed by atoms with Crippen LogP contribution in [0, 0.1) is 0 Å². The molecule has 8 heteroatoms. The van der Waals surface area contributed by atoms with Crippen molar-refractivity contribution < 1.29 is 28.2 Å². The molecule has 4 aromatic rings. The summed E-state index contributed by atoms with van der Waals surface area (Å²) in [5, 5.41) is 0.0332. The van der Waals surface area contributed by atoms with Crippen LogP contribution in [0.3, 0.4) is 0 Å². The van der Waals surface area contributed by atoms with Gasteiger partial charge in [0.2, 0.25) is 0 Å². The van der Waals surface area contributed by atoms with Gasteiger partial charge >= 0.3 is 6.09 Å². The lowest BCUT2D eigenvalue weighted by Gasteiger charge is -2.38. The number of hydrogen-bond acceptors (Lipinski definition) is 6. The third-order valence-electron chi connectivity index (χ3n) is 9.75. The molecular formula is C40H49NO6Si. The van der Waals surface area contributed by atoms with E-state index < -0.39 is 13.9 Å². The van der Waals surface area contributed by atoms with Crippen LogP contribution in [0.2, 0.25) is 18.1 Å². The first-order valence-corrected chi connectivity index (χ1v) is 19.5. The van der Waals surface area contributed by atoms with Gasteiger partial charge < -0.3 is 28.3 Å². The van der Waals surface area contributed by atoms with E-state index in [4.69, 9.17) is 23.4 Å². The number of hydrogen-bond donors (Lipinski definition) is 0. The molecule has 1 aliphatic rings. The normalized spacial score (nSPS) is 16.9. The van der Waals surface area contributed by atoms with E-state index in [0.717, 1.165) is 33.8 Å². The maximum atomic E-state index is 13.8. The van der Waals surface area contributed by atoms with Gasteiger partial charge in [0.1, 0.15) is 23.7 Å². The molecule has 7 nitrogen and oxygen atoms in total. The van der Waals surface area contributed by atoms with Crippen LogP contribution in [-0.4, -0.2) is 58.8 Å². The van der Waals surface area contributed by atoms with Crippen molar-refractivity contribution in [3.8, 4) is 11.5 Å². The van der Waals surface area contributed by atoms with E-state index in [9.17, 15) is 4.79 Å². The summed E-state index contributed by atoms with van der Waals surface area (Å²) in [4.78, 5) is 15.6. The van der Waals surface area contributed by atoms with Gasteiger partial charge in [-0.05, 0) is 71.1 Å². The summed E-state index contributed by atoms with van der Waals surface area (Å²) in [5.74, 6) is 1.51. The number of benzene rings is 4. The van der Waals surface area contributed by atoms with Gasteiger partial charge in [-0.2, -0.15) is 0 Å². The first kappa shape index (κ1) is 35.2. The Bertz CT molecular complexity index is 1560. The van der Waals surface area contributed by atoms with Crippen molar-refractivity contribution in [2.24, 2.45) is 0 Å². The molecule has 4 aromatic carbocycles. The highest BCUT2D eigenvalue weighted by Gasteiger charge is 2.46. The fourth-order valence-electron chi connectivity index (χ4n) is 6.03. The second-order valence-electron chi connectivity index (χ2n) is 13.9. The van der Waals surface area contributed by atoms with Crippen LogP contribution in [0.5, 0.6) is 11.5 Å². The van der Waals surface area contributed by atoms with Crippen molar-refractivity contribution in [2.45, 2.75) is 69.7 Å². The van der Waals surface area contributed by atoms with Gasteiger partial charge in [-0.15, -0.1) is 0 Å². The largest absolute Gasteiger partial charge is 0.497 e. The minimum atomic E-state index is -2.11. The van der Waals surface area contributed by atoms with Crippen molar-refractivity contribution >= 4 is 14.4 Å². The Morgan fingerprint density at radius 3 is 1.75 bits per heavy atom. The molecule has 1 saturated heterocycles. The molecule has 0 unspecified atom stereocenters. The zero-order chi connectivity index (χ0) is 34.4. The molecule has 1 amide bonds. The average Bonchev–Trinajstić information content (AvgIpc) is 3.50. The van der Waals surface area contributed by atoms with E-state index in [0.29, 0.717) is 13.0 Å². The lowest BCUT2D eigenvalue weighted by molar-refractivity contribution is -0.0163. The number of rotatable bonds is 12. The molecule has 48 heavy (non-hydrogen) atoms. The topological polar surface area (TPSA) is 66.5 Å². The van der Waals surface area contributed by atoms with Gasteiger partial charge in [0.05, 0.1) is 33.0 Å². The molecule has 0 aromatic heterocycles. The van der Waals surface area contributed by atoms with Gasteiger partial charge in [0, 0.05) is 6.54 Å². The van der Waals surface area contributed by atoms with Gasteiger partial charge in [-0.3, -0.25) is 0 Å². The predicted molar refractivity (Wildman–Crippen MR) is 192 cm³/mol. The molecule has 254 valence electrons. The van der Waals surface area contributed by atoms with Crippen LogP contribution in [0.25, 0.3) is 0 Å². The van der Waals surface area contributed by atoms with Crippen LogP contribution in [0.1, 0.15) is 49.4 Å². The summed E-state index contributed by atoms with van der Waals surface area (Å²) in [6, 6.07) is 35.7. The quantitative estimate of drug-likeness (QED) is 0.111. The fourth-order valence-corrected chi connectivity index (χ4v) is 7.39. The van der Waals surface area contributed by atoms with Gasteiger partial charge in [0.15, 0.2) is 8.32 Å². The zero-order valence-electron chi connectivity index (χ0n) is 29.3. The number of carbonyl (C=O) groups is 1. The van der Waals surface area contributed by atoms with Gasteiger partial charge in [-0.25, -0.2) is 4.79 Å². The molecule has 0 bridgehead atoms. The summed E-state index contributed by atoms with van der Waals surface area (Å²) in [5.41, 5.74) is 2.77. The lowest BCUT2D eigenvalue weighted by atomic mass is 9.80. The third kappa shape index (κ3) is 7.78. The van der Waals surface area contributed by atoms with Crippen LogP contribution >= 0.6 is 0 Å². The van der Waals surface area contributed by atoms with E-state index >= 15 is 0 Å². The van der Waals surface area contributed by atoms with Crippen molar-refractivity contribution in [2.75, 3.05) is 27.4 Å². The zero-order valence-corrected chi connectivity index (χ0v) is 30.3. The first-order chi connectivity index (χ1) is 23.0. The Kier molecular flexibility index (Phi) is 11.0. The summed E-state index contributed by atoms with van der Waals surface area (Å²) in [6.45, 7) is 12.1. The highest BCUT2D eigenvalue weighted by atomic mass is 28.4. The lowest BCUT2D eigenvalue weighted by Crippen LogP contribution is -2.45. The summed E-state index contributed by atoms with van der Waals surface area (Å²) in [7, 11) is 1.21. The Hall–Kier alpha value is -4.11. The molecule has 2 atom stereocenters. The third-order valence-corrected chi connectivity index (χ3v) is 14.3. The number of nitrogens with zero attached hydrogens (tertiary/aromatic N) is 1. The maximum Gasteiger partial charge on any atom is 0.410 e. The van der Waals surface area contributed by atoms with Crippen LogP contribution < -0.4 is 9.47 Å². The van der Waals surface area contributed by atoms with Gasteiger partial charge in [0.25, 0.3) is 0 Å². The van der Waals surface area contributed by atoms with Gasteiger partial charge in [-0.1, -0.05) is 106 Å². The van der Waals surface area contributed by atoms with E-state index in [1.54, 1.807) is 19.1 Å². The van der Waals surface area contributed by atoms with Crippen molar-refractivity contribution in [3.63, 3.8) is 0 Å². The Balaban J connectivity index is 1.52. The molecule has 0 N–H and O–H groups in total. The molecule has 0 spiro atoms. The van der Waals surface area contributed by atoms with Crippen molar-refractivity contribution in [1.29, 1.82) is 0 Å². The monoisotopic (exact) mass is 667 g/mol. The second-order valence-corrected chi connectivity index (χ2v) is 18.7. The minimum Gasteiger partial charge on any atom is -0.497 e. The van der Waals surface area contributed by atoms with Crippen molar-refractivity contribution in [3.05, 3.63) is 131 Å². The number of likely N-dealkylation sites (tertiary alicyclic amines) is 1. The first-order valence-electron chi connectivity index (χ1n) is 16.6. The maximum absolute atomic E-state index is 13.8. The standard InChI is InChI=1S/C40H49NO6Si/c1-39(2,3)48(6,7)47-37-26-34(41(27-37)38(42)45-28-30-14-10-8-11-15-30)29-46-40(31-16-12-9-13-17-31,32-18-22-35(43-4)23-19-32)33-20-24-36(44-5)25-21-33/h8-25,34,37H,26-29H2,1-7H3/t34-,37+/m0/s1. The van der Waals surface area contributed by atoms with E-state index in [-0.39, 0.29) is 36.5 Å². The fraction of sp³-hybridized carbons (Fsp3) is 0.375. The molecular weight excluding hydrogens is 619 g/mol. The number of ether oxygens (including phenoxy) is 4. The molecule has 0 radical (unpaired) electrons. The van der Waals surface area contributed by atoms with Crippen LogP contribution in [0.4, 0.5) is 4.79 Å². The van der Waals surface area contributed by atoms with Crippen LogP contribution in [0.15, 0.2) is 109 Å². The highest BCUT2D eigenvalue weighted by molar-refractivity contribution is 6.74. The molecule has 0 saturated carbocycles. The van der Waals surface area contributed by atoms with E-state index in [1.165, 1.54) is 0 Å². The Morgan fingerprint density at radius 1 is 0.750 bits per heavy atom. The number of carbonyl (C=O) groups excluding carboxylic acids is 1. The average molecular weight is 668 g/mol. The second kappa shape index (κ2) is 15.0. The molecule has 1 heterocycles. The number of amides is 1. The smallest absolute Gasteiger partial charge is 0.410 e. The van der Waals surface area contributed by atoms with Crippen LogP contribution in [-0.2, 0) is 26.1 Å².